The molecule has 2 N–H and O–H groups in total. The lowest BCUT2D eigenvalue weighted by Gasteiger charge is -2.63. The van der Waals surface area contributed by atoms with Gasteiger partial charge in [-0.05, 0) is 62.2 Å². The molecule has 2 fully saturated rings. The molecule has 0 spiro atoms. The standard InChI is InChI=1S/C21H36O4/c1-14(12-17(23)25-6)8-9-16-20(4)11-7-10-19(2,3)18(20)15(22)13-21(16,5)24/h12,15-16,18,22,24H,7-11,13H2,1-6H3/b14-12+/t15-,16+,18-,20+,21+/m1/s1. The van der Waals surface area contributed by atoms with Crippen LogP contribution in [0.4, 0.5) is 0 Å². The summed E-state index contributed by atoms with van der Waals surface area (Å²) in [6.07, 6.45) is 6.39. The summed E-state index contributed by atoms with van der Waals surface area (Å²) in [4.78, 5) is 11.4. The average Bonchev–Trinajstić information content (AvgIpc) is 2.43. The van der Waals surface area contributed by atoms with E-state index < -0.39 is 11.7 Å². The van der Waals surface area contributed by atoms with E-state index in [0.29, 0.717) is 6.42 Å². The van der Waals surface area contributed by atoms with Crippen molar-refractivity contribution < 1.29 is 19.7 Å². The van der Waals surface area contributed by atoms with Gasteiger partial charge in [0.25, 0.3) is 0 Å². The highest BCUT2D eigenvalue weighted by atomic mass is 16.5. The van der Waals surface area contributed by atoms with Gasteiger partial charge in [0.05, 0.1) is 18.8 Å². The van der Waals surface area contributed by atoms with Gasteiger partial charge in [-0.3, -0.25) is 0 Å². The Bertz CT molecular complexity index is 534. The lowest BCUT2D eigenvalue weighted by molar-refractivity contribution is -0.214. The molecule has 0 amide bonds. The van der Waals surface area contributed by atoms with Crippen LogP contribution in [0.15, 0.2) is 11.6 Å². The van der Waals surface area contributed by atoms with Crippen LogP contribution in [-0.2, 0) is 9.53 Å². The van der Waals surface area contributed by atoms with Gasteiger partial charge in [0.2, 0.25) is 0 Å². The van der Waals surface area contributed by atoms with E-state index in [-0.39, 0.29) is 28.6 Å². The molecule has 0 aromatic rings. The minimum absolute atomic E-state index is 0.0814. The van der Waals surface area contributed by atoms with E-state index in [4.69, 9.17) is 4.74 Å². The average molecular weight is 353 g/mol. The number of aliphatic hydroxyl groups excluding tert-OH is 1. The highest BCUT2D eigenvalue weighted by Crippen LogP contribution is 2.62. The first-order valence-corrected chi connectivity index (χ1v) is 9.59. The summed E-state index contributed by atoms with van der Waals surface area (Å²) in [7, 11) is 1.38. The number of ether oxygens (including phenoxy) is 1. The van der Waals surface area contributed by atoms with Crippen LogP contribution >= 0.6 is 0 Å². The Kier molecular flexibility index (Phi) is 5.75. The number of carbonyl (C=O) groups is 1. The molecule has 0 saturated heterocycles. The zero-order chi connectivity index (χ0) is 19.0. The second kappa shape index (κ2) is 7.03. The number of fused-ring (bicyclic) bond motifs is 1. The molecule has 0 unspecified atom stereocenters. The summed E-state index contributed by atoms with van der Waals surface area (Å²) in [5, 5.41) is 22.0. The highest BCUT2D eigenvalue weighted by Gasteiger charge is 2.60. The lowest BCUT2D eigenvalue weighted by atomic mass is 9.44. The maximum atomic E-state index is 11.4. The van der Waals surface area contributed by atoms with Gasteiger partial charge in [0.1, 0.15) is 0 Å². The fourth-order valence-corrected chi connectivity index (χ4v) is 6.22. The van der Waals surface area contributed by atoms with Crippen molar-refractivity contribution in [2.45, 2.75) is 84.8 Å². The third kappa shape index (κ3) is 3.95. The second-order valence-corrected chi connectivity index (χ2v) is 9.56. The summed E-state index contributed by atoms with van der Waals surface area (Å²) < 4.78 is 4.70. The molecule has 2 aliphatic carbocycles. The minimum atomic E-state index is -0.885. The number of hydrogen-bond donors (Lipinski definition) is 2. The number of allylic oxidation sites excluding steroid dienone is 1. The Balaban J connectivity index is 2.27. The van der Waals surface area contributed by atoms with Gasteiger partial charge >= 0.3 is 5.97 Å². The number of esters is 1. The van der Waals surface area contributed by atoms with Crippen LogP contribution in [0.5, 0.6) is 0 Å². The third-order valence-corrected chi connectivity index (χ3v) is 7.04. The molecule has 0 aromatic carbocycles. The minimum Gasteiger partial charge on any atom is -0.466 e. The molecule has 2 aliphatic rings. The van der Waals surface area contributed by atoms with Crippen LogP contribution in [-0.4, -0.2) is 35.0 Å². The van der Waals surface area contributed by atoms with Gasteiger partial charge in [0.15, 0.2) is 0 Å². The molecule has 0 heterocycles. The summed E-state index contributed by atoms with van der Waals surface area (Å²) >= 11 is 0. The topological polar surface area (TPSA) is 66.8 Å². The Labute approximate surface area is 152 Å². The number of aliphatic hydroxyl groups is 2. The van der Waals surface area contributed by atoms with E-state index >= 15 is 0 Å². The summed E-state index contributed by atoms with van der Waals surface area (Å²) in [6.45, 7) is 10.6. The van der Waals surface area contributed by atoms with Crippen LogP contribution < -0.4 is 0 Å². The number of carbonyl (C=O) groups excluding carboxylic acids is 1. The van der Waals surface area contributed by atoms with Gasteiger partial charge in [-0.25, -0.2) is 4.79 Å². The molecule has 0 bridgehead atoms. The first-order valence-electron chi connectivity index (χ1n) is 9.59. The van der Waals surface area contributed by atoms with Crippen molar-refractivity contribution in [1.82, 2.24) is 0 Å². The van der Waals surface area contributed by atoms with Crippen LogP contribution in [0.1, 0.15) is 73.1 Å². The number of methoxy groups -OCH3 is 1. The largest absolute Gasteiger partial charge is 0.466 e. The Morgan fingerprint density at radius 2 is 1.88 bits per heavy atom. The Morgan fingerprint density at radius 1 is 1.24 bits per heavy atom. The Hall–Kier alpha value is -0.870. The smallest absolute Gasteiger partial charge is 0.330 e. The molecule has 0 radical (unpaired) electrons. The normalized spacial score (nSPS) is 41.1. The maximum absolute atomic E-state index is 11.4. The molecular weight excluding hydrogens is 316 g/mol. The summed E-state index contributed by atoms with van der Waals surface area (Å²) in [6, 6.07) is 0. The van der Waals surface area contributed by atoms with E-state index in [1.165, 1.54) is 13.2 Å². The van der Waals surface area contributed by atoms with Crippen LogP contribution in [0.3, 0.4) is 0 Å². The van der Waals surface area contributed by atoms with E-state index in [1.54, 1.807) is 0 Å². The third-order valence-electron chi connectivity index (χ3n) is 7.04. The first kappa shape index (κ1) is 20.4. The molecule has 25 heavy (non-hydrogen) atoms. The van der Waals surface area contributed by atoms with Crippen molar-refractivity contribution in [1.29, 1.82) is 0 Å². The molecule has 2 rings (SSSR count). The van der Waals surface area contributed by atoms with Crippen molar-refractivity contribution in [3.8, 4) is 0 Å². The second-order valence-electron chi connectivity index (χ2n) is 9.56. The molecule has 4 heteroatoms. The van der Waals surface area contributed by atoms with Gasteiger partial charge in [-0.2, -0.15) is 0 Å². The Morgan fingerprint density at radius 3 is 2.48 bits per heavy atom. The predicted molar refractivity (Wildman–Crippen MR) is 99.0 cm³/mol. The SMILES string of the molecule is COC(=O)/C=C(\C)CC[C@H]1[C@]2(C)CCCC(C)(C)[C@H]2[C@H](O)C[C@]1(C)O. The zero-order valence-corrected chi connectivity index (χ0v) is 16.8. The number of hydrogen-bond acceptors (Lipinski definition) is 4. The molecule has 5 atom stereocenters. The van der Waals surface area contributed by atoms with Gasteiger partial charge in [0, 0.05) is 12.5 Å². The molecule has 2 saturated carbocycles. The maximum Gasteiger partial charge on any atom is 0.330 e. The van der Waals surface area contributed by atoms with Crippen LogP contribution in [0, 0.1) is 22.7 Å². The van der Waals surface area contributed by atoms with Crippen LogP contribution in [0.25, 0.3) is 0 Å². The van der Waals surface area contributed by atoms with Crippen molar-refractivity contribution in [2.75, 3.05) is 7.11 Å². The van der Waals surface area contributed by atoms with Gasteiger partial charge in [-0.15, -0.1) is 0 Å². The van der Waals surface area contributed by atoms with Crippen LogP contribution in [0.2, 0.25) is 0 Å². The molecule has 0 aromatic heterocycles. The highest BCUT2D eigenvalue weighted by molar-refractivity contribution is 5.82. The van der Waals surface area contributed by atoms with Crippen molar-refractivity contribution in [2.24, 2.45) is 22.7 Å². The lowest BCUT2D eigenvalue weighted by Crippen LogP contribution is -2.62. The first-order chi connectivity index (χ1) is 11.4. The monoisotopic (exact) mass is 352 g/mol. The molecular formula is C21H36O4. The van der Waals surface area contributed by atoms with Gasteiger partial charge in [-0.1, -0.05) is 32.8 Å². The van der Waals surface area contributed by atoms with Crippen molar-refractivity contribution >= 4 is 5.97 Å². The molecule has 144 valence electrons. The summed E-state index contributed by atoms with van der Waals surface area (Å²) in [5.41, 5.74) is 0.0832. The van der Waals surface area contributed by atoms with E-state index in [1.807, 2.05) is 13.8 Å². The summed E-state index contributed by atoms with van der Waals surface area (Å²) in [5.74, 6) is -0.0240. The number of rotatable bonds is 4. The quantitative estimate of drug-likeness (QED) is 0.596. The zero-order valence-electron chi connectivity index (χ0n) is 16.8. The predicted octanol–water partition coefficient (Wildman–Crippen LogP) is 3.85. The fourth-order valence-electron chi connectivity index (χ4n) is 6.22. The fraction of sp³-hybridized carbons (Fsp3) is 0.857. The van der Waals surface area contributed by atoms with E-state index in [2.05, 4.69) is 20.8 Å². The van der Waals surface area contributed by atoms with E-state index in [9.17, 15) is 15.0 Å². The van der Waals surface area contributed by atoms with Crippen molar-refractivity contribution in [3.05, 3.63) is 11.6 Å². The van der Waals surface area contributed by atoms with Crippen molar-refractivity contribution in [3.63, 3.8) is 0 Å². The van der Waals surface area contributed by atoms with E-state index in [0.717, 1.165) is 37.7 Å². The molecule has 0 aliphatic heterocycles. The van der Waals surface area contributed by atoms with Gasteiger partial charge < -0.3 is 14.9 Å². The molecule has 4 nitrogen and oxygen atoms in total.